The van der Waals surface area contributed by atoms with Gasteiger partial charge in [-0.15, -0.1) is 0 Å². The molecule has 1 amide bonds. The summed E-state index contributed by atoms with van der Waals surface area (Å²) in [5, 5.41) is 0. The number of methoxy groups -OCH3 is 1. The average Bonchev–Trinajstić information content (AvgIpc) is 2.79. The number of hydrogen-bond acceptors (Lipinski definition) is 5. The Balaban J connectivity index is 2.00. The molecule has 0 bridgehead atoms. The quantitative estimate of drug-likeness (QED) is 0.458. The molecule has 2 aromatic carbocycles. The van der Waals surface area contributed by atoms with Crippen LogP contribution in [-0.2, 0) is 25.6 Å². The van der Waals surface area contributed by atoms with Crippen LogP contribution in [0.5, 0.6) is 0 Å². The SMILES string of the molecule is C=CCOC(=O)C1=C(C)N(Cc2ccc(C(=O)OC)cc2)C(=O)CC1c1ccc(C)cc1C. The van der Waals surface area contributed by atoms with Crippen LogP contribution in [0.4, 0.5) is 0 Å². The van der Waals surface area contributed by atoms with Crippen molar-refractivity contribution in [3.63, 3.8) is 0 Å². The molecule has 0 radical (unpaired) electrons. The van der Waals surface area contributed by atoms with Gasteiger partial charge < -0.3 is 14.4 Å². The summed E-state index contributed by atoms with van der Waals surface area (Å²) < 4.78 is 10.1. The Kier molecular flexibility index (Phi) is 7.48. The zero-order valence-corrected chi connectivity index (χ0v) is 19.5. The first-order valence-electron chi connectivity index (χ1n) is 10.8. The number of aryl methyl sites for hydroxylation is 2. The third-order valence-corrected chi connectivity index (χ3v) is 5.89. The molecule has 1 unspecified atom stereocenters. The Morgan fingerprint density at radius 2 is 1.79 bits per heavy atom. The largest absolute Gasteiger partial charge is 0.465 e. The van der Waals surface area contributed by atoms with Crippen LogP contribution >= 0.6 is 0 Å². The molecule has 1 heterocycles. The molecular formula is C27H29NO5. The molecule has 0 saturated carbocycles. The van der Waals surface area contributed by atoms with Crippen LogP contribution in [0.2, 0.25) is 0 Å². The van der Waals surface area contributed by atoms with Crippen molar-refractivity contribution in [1.82, 2.24) is 4.90 Å². The minimum atomic E-state index is -0.448. The summed E-state index contributed by atoms with van der Waals surface area (Å²) in [6, 6.07) is 12.9. The van der Waals surface area contributed by atoms with E-state index in [4.69, 9.17) is 9.47 Å². The third-order valence-electron chi connectivity index (χ3n) is 5.89. The lowest BCUT2D eigenvalue weighted by molar-refractivity contribution is -0.139. The second-order valence-electron chi connectivity index (χ2n) is 8.17. The number of hydrogen-bond donors (Lipinski definition) is 0. The van der Waals surface area contributed by atoms with E-state index in [1.807, 2.05) is 26.0 Å². The second-order valence-corrected chi connectivity index (χ2v) is 8.17. The van der Waals surface area contributed by atoms with Crippen molar-refractivity contribution in [1.29, 1.82) is 0 Å². The van der Waals surface area contributed by atoms with Crippen LogP contribution in [0, 0.1) is 13.8 Å². The van der Waals surface area contributed by atoms with Crippen molar-refractivity contribution in [2.24, 2.45) is 0 Å². The minimum Gasteiger partial charge on any atom is -0.465 e. The third kappa shape index (κ3) is 5.22. The lowest BCUT2D eigenvalue weighted by Gasteiger charge is -2.35. The highest BCUT2D eigenvalue weighted by Gasteiger charge is 2.37. The van der Waals surface area contributed by atoms with E-state index in [-0.39, 0.29) is 31.4 Å². The number of amides is 1. The lowest BCUT2D eigenvalue weighted by atomic mass is 9.81. The number of nitrogens with zero attached hydrogens (tertiary/aromatic N) is 1. The molecule has 1 atom stereocenters. The van der Waals surface area contributed by atoms with Gasteiger partial charge in [-0.1, -0.05) is 48.6 Å². The van der Waals surface area contributed by atoms with Crippen LogP contribution < -0.4 is 0 Å². The van der Waals surface area contributed by atoms with Crippen LogP contribution in [0.15, 0.2) is 66.4 Å². The van der Waals surface area contributed by atoms with E-state index in [0.717, 1.165) is 22.3 Å². The summed E-state index contributed by atoms with van der Waals surface area (Å²) in [5.74, 6) is -1.32. The summed E-state index contributed by atoms with van der Waals surface area (Å²) in [7, 11) is 1.33. The number of benzene rings is 2. The van der Waals surface area contributed by atoms with Gasteiger partial charge in [-0.25, -0.2) is 9.59 Å². The highest BCUT2D eigenvalue weighted by atomic mass is 16.5. The van der Waals surface area contributed by atoms with Gasteiger partial charge in [0.25, 0.3) is 0 Å². The fourth-order valence-corrected chi connectivity index (χ4v) is 4.21. The van der Waals surface area contributed by atoms with E-state index in [1.165, 1.54) is 13.2 Å². The first-order chi connectivity index (χ1) is 15.8. The zero-order valence-electron chi connectivity index (χ0n) is 19.5. The van der Waals surface area contributed by atoms with Gasteiger partial charge in [0.15, 0.2) is 0 Å². The Morgan fingerprint density at radius 3 is 2.39 bits per heavy atom. The van der Waals surface area contributed by atoms with Crippen molar-refractivity contribution in [2.45, 2.75) is 39.7 Å². The van der Waals surface area contributed by atoms with E-state index in [2.05, 4.69) is 12.6 Å². The molecule has 2 aromatic rings. The molecule has 0 N–H and O–H groups in total. The lowest BCUT2D eigenvalue weighted by Crippen LogP contribution is -2.38. The predicted molar refractivity (Wildman–Crippen MR) is 125 cm³/mol. The van der Waals surface area contributed by atoms with E-state index in [0.29, 0.717) is 16.8 Å². The van der Waals surface area contributed by atoms with Gasteiger partial charge in [0.2, 0.25) is 5.91 Å². The van der Waals surface area contributed by atoms with Crippen molar-refractivity contribution in [2.75, 3.05) is 13.7 Å². The molecule has 3 rings (SSSR count). The minimum absolute atomic E-state index is 0.0743. The molecule has 172 valence electrons. The van der Waals surface area contributed by atoms with Gasteiger partial charge in [0.05, 0.1) is 24.8 Å². The molecule has 0 spiro atoms. The molecular weight excluding hydrogens is 418 g/mol. The summed E-state index contributed by atoms with van der Waals surface area (Å²) in [6.45, 7) is 9.77. The molecule has 33 heavy (non-hydrogen) atoms. The standard InChI is InChI=1S/C27H29NO5/c1-6-13-33-27(31)25-19(4)28(16-20-8-10-21(11-9-20)26(30)32-5)24(29)15-23(25)22-12-7-17(2)14-18(22)3/h6-12,14,23H,1,13,15-16H2,2-5H3. The monoisotopic (exact) mass is 447 g/mol. The first-order valence-corrected chi connectivity index (χ1v) is 10.8. The molecule has 6 nitrogen and oxygen atoms in total. The van der Waals surface area contributed by atoms with Crippen molar-refractivity contribution < 1.29 is 23.9 Å². The highest BCUT2D eigenvalue weighted by Crippen LogP contribution is 2.39. The molecule has 0 fully saturated rings. The van der Waals surface area contributed by atoms with Crippen LogP contribution in [0.3, 0.4) is 0 Å². The maximum absolute atomic E-state index is 13.2. The van der Waals surface area contributed by atoms with E-state index in [1.54, 1.807) is 36.1 Å². The predicted octanol–water partition coefficient (Wildman–Crippen LogP) is 4.61. The van der Waals surface area contributed by atoms with Gasteiger partial charge in [-0.3, -0.25) is 4.79 Å². The maximum atomic E-state index is 13.2. The summed E-state index contributed by atoms with van der Waals surface area (Å²) in [5.41, 5.74) is 5.41. The first kappa shape index (κ1) is 24.0. The molecule has 0 aliphatic carbocycles. The Morgan fingerprint density at radius 1 is 1.09 bits per heavy atom. The van der Waals surface area contributed by atoms with Crippen LogP contribution in [0.25, 0.3) is 0 Å². The molecule has 1 aliphatic rings. The second kappa shape index (κ2) is 10.3. The molecule has 6 heteroatoms. The summed E-state index contributed by atoms with van der Waals surface area (Å²) >= 11 is 0. The smallest absolute Gasteiger partial charge is 0.337 e. The Bertz CT molecular complexity index is 1110. The topological polar surface area (TPSA) is 72.9 Å². The van der Waals surface area contributed by atoms with Gasteiger partial charge in [-0.05, 0) is 49.6 Å². The highest BCUT2D eigenvalue weighted by molar-refractivity contribution is 5.96. The summed E-state index contributed by atoms with van der Waals surface area (Å²) in [4.78, 5) is 39.6. The average molecular weight is 448 g/mol. The Labute approximate surface area is 194 Å². The molecule has 0 saturated heterocycles. The van der Waals surface area contributed by atoms with Gasteiger partial charge >= 0.3 is 11.9 Å². The number of carbonyl (C=O) groups excluding carboxylic acids is 3. The van der Waals surface area contributed by atoms with Crippen molar-refractivity contribution in [3.05, 3.63) is 94.2 Å². The maximum Gasteiger partial charge on any atom is 0.337 e. The van der Waals surface area contributed by atoms with Gasteiger partial charge in [0.1, 0.15) is 6.61 Å². The summed E-state index contributed by atoms with van der Waals surface area (Å²) in [6.07, 6.45) is 1.69. The number of allylic oxidation sites excluding steroid dienone is 1. The zero-order chi connectivity index (χ0) is 24.1. The normalized spacial score (nSPS) is 15.9. The van der Waals surface area contributed by atoms with Gasteiger partial charge in [0, 0.05) is 18.0 Å². The molecule has 1 aliphatic heterocycles. The number of ether oxygens (including phenoxy) is 2. The van der Waals surface area contributed by atoms with E-state index in [9.17, 15) is 14.4 Å². The van der Waals surface area contributed by atoms with Crippen LogP contribution in [0.1, 0.15) is 51.9 Å². The van der Waals surface area contributed by atoms with Crippen molar-refractivity contribution >= 4 is 17.8 Å². The molecule has 0 aromatic heterocycles. The number of rotatable bonds is 7. The van der Waals surface area contributed by atoms with Crippen LogP contribution in [-0.4, -0.2) is 36.5 Å². The Hall–Kier alpha value is -3.67. The fourth-order valence-electron chi connectivity index (χ4n) is 4.21. The fraction of sp³-hybridized carbons (Fsp3) is 0.296. The van der Waals surface area contributed by atoms with E-state index < -0.39 is 11.9 Å². The number of carbonyl (C=O) groups is 3. The number of esters is 2. The van der Waals surface area contributed by atoms with Crippen molar-refractivity contribution in [3.8, 4) is 0 Å². The van der Waals surface area contributed by atoms with Gasteiger partial charge in [-0.2, -0.15) is 0 Å². The van der Waals surface area contributed by atoms with E-state index >= 15 is 0 Å².